The smallest absolute Gasteiger partial charge is 0.276 e. The maximum atomic E-state index is 13.2. The van der Waals surface area contributed by atoms with Crippen molar-refractivity contribution >= 4 is 28.9 Å². The summed E-state index contributed by atoms with van der Waals surface area (Å²) in [5.74, 6) is -0.247. The van der Waals surface area contributed by atoms with Crippen LogP contribution in [0.4, 0.5) is 17.1 Å². The minimum absolute atomic E-state index is 0.00417. The molecular weight excluding hydrogens is 342 g/mol. The third kappa shape index (κ3) is 3.23. The van der Waals surface area contributed by atoms with Gasteiger partial charge in [0.15, 0.2) is 5.69 Å². The van der Waals surface area contributed by atoms with E-state index in [1.807, 2.05) is 31.2 Å². The number of anilines is 3. The van der Waals surface area contributed by atoms with Crippen molar-refractivity contribution in [2.24, 2.45) is 7.05 Å². The summed E-state index contributed by atoms with van der Waals surface area (Å²) in [7, 11) is 1.73. The molecule has 1 aromatic carbocycles. The van der Waals surface area contributed by atoms with Crippen molar-refractivity contribution in [3.05, 3.63) is 35.7 Å². The van der Waals surface area contributed by atoms with E-state index in [1.165, 1.54) is 12.8 Å². The lowest BCUT2D eigenvalue weighted by atomic mass is 10.1. The van der Waals surface area contributed by atoms with Crippen LogP contribution < -0.4 is 10.2 Å². The number of para-hydroxylation sites is 2. The fourth-order valence-electron chi connectivity index (χ4n) is 4.08. The monoisotopic (exact) mass is 367 g/mol. The largest absolute Gasteiger partial charge is 0.319 e. The van der Waals surface area contributed by atoms with Gasteiger partial charge in [0.25, 0.3) is 5.91 Å². The van der Waals surface area contributed by atoms with Gasteiger partial charge in [-0.25, -0.2) is 0 Å². The normalized spacial score (nSPS) is 16.7. The third-order valence-corrected chi connectivity index (χ3v) is 5.34. The molecule has 1 fully saturated rings. The maximum absolute atomic E-state index is 13.2. The Bertz CT molecular complexity index is 882. The Morgan fingerprint density at radius 1 is 1.22 bits per heavy atom. The molecule has 0 unspecified atom stereocenters. The average molecular weight is 367 g/mol. The molecule has 1 aromatic heterocycles. The Hall–Kier alpha value is -2.67. The van der Waals surface area contributed by atoms with Crippen LogP contribution in [0.25, 0.3) is 0 Å². The minimum Gasteiger partial charge on any atom is -0.319 e. The zero-order valence-corrected chi connectivity index (χ0v) is 15.9. The Labute approximate surface area is 158 Å². The Kier molecular flexibility index (Phi) is 4.70. The van der Waals surface area contributed by atoms with Gasteiger partial charge >= 0.3 is 0 Å². The van der Waals surface area contributed by atoms with Crippen molar-refractivity contribution < 1.29 is 9.59 Å². The van der Waals surface area contributed by atoms with Crippen LogP contribution in [0.3, 0.4) is 0 Å². The molecule has 2 amide bonds. The molecule has 0 radical (unpaired) electrons. The molecule has 1 N–H and O–H groups in total. The molecule has 3 heterocycles. The van der Waals surface area contributed by atoms with Gasteiger partial charge in [0.05, 0.1) is 17.1 Å². The van der Waals surface area contributed by atoms with Crippen LogP contribution in [0.1, 0.15) is 41.9 Å². The molecule has 0 spiro atoms. The number of rotatable bonds is 4. The maximum Gasteiger partial charge on any atom is 0.276 e. The first-order valence-electron chi connectivity index (χ1n) is 9.55. The first kappa shape index (κ1) is 17.7. The lowest BCUT2D eigenvalue weighted by molar-refractivity contribution is -0.118. The summed E-state index contributed by atoms with van der Waals surface area (Å²) < 4.78 is 1.55. The highest BCUT2D eigenvalue weighted by Crippen LogP contribution is 2.39. The SMILES string of the molecule is Cc1nn(C)c2c1N(C(=O)CCCN1CCCC1)c1ccccc1NC2=O. The number of carbonyl (C=O) groups is 2. The number of nitrogens with one attached hydrogen (secondary N) is 1. The van der Waals surface area contributed by atoms with Crippen LogP contribution in [0.5, 0.6) is 0 Å². The Balaban J connectivity index is 1.66. The summed E-state index contributed by atoms with van der Waals surface area (Å²) in [6.45, 7) is 5.04. The zero-order valence-electron chi connectivity index (χ0n) is 15.9. The summed E-state index contributed by atoms with van der Waals surface area (Å²) in [5.41, 5.74) is 3.02. The average Bonchev–Trinajstić information content (AvgIpc) is 3.21. The van der Waals surface area contributed by atoms with Crippen LogP contribution in [-0.2, 0) is 11.8 Å². The van der Waals surface area contributed by atoms with Crippen molar-refractivity contribution in [2.45, 2.75) is 32.6 Å². The molecule has 4 rings (SSSR count). The molecule has 7 heteroatoms. The van der Waals surface area contributed by atoms with Crippen LogP contribution >= 0.6 is 0 Å². The third-order valence-electron chi connectivity index (χ3n) is 5.34. The summed E-state index contributed by atoms with van der Waals surface area (Å²) >= 11 is 0. The van der Waals surface area contributed by atoms with Gasteiger partial charge in [0.2, 0.25) is 5.91 Å². The van der Waals surface area contributed by atoms with Crippen LogP contribution in [-0.4, -0.2) is 46.1 Å². The molecule has 0 atom stereocenters. The van der Waals surface area contributed by atoms with E-state index >= 15 is 0 Å². The van der Waals surface area contributed by atoms with Crippen molar-refractivity contribution in [1.82, 2.24) is 14.7 Å². The number of carbonyl (C=O) groups excluding carboxylic acids is 2. The van der Waals surface area contributed by atoms with Gasteiger partial charge in [-0.2, -0.15) is 5.10 Å². The number of aryl methyl sites for hydroxylation is 2. The van der Waals surface area contributed by atoms with E-state index < -0.39 is 0 Å². The molecule has 2 aromatic rings. The lowest BCUT2D eigenvalue weighted by Gasteiger charge is -2.23. The summed E-state index contributed by atoms with van der Waals surface area (Å²) in [6.07, 6.45) is 3.75. The van der Waals surface area contributed by atoms with E-state index in [1.54, 1.807) is 16.6 Å². The number of aromatic nitrogens is 2. The highest BCUT2D eigenvalue weighted by Gasteiger charge is 2.33. The van der Waals surface area contributed by atoms with Crippen LogP contribution in [0.2, 0.25) is 0 Å². The van der Waals surface area contributed by atoms with Crippen LogP contribution in [0.15, 0.2) is 24.3 Å². The second-order valence-corrected chi connectivity index (χ2v) is 7.26. The molecule has 27 heavy (non-hydrogen) atoms. The highest BCUT2D eigenvalue weighted by molar-refractivity contribution is 6.17. The number of amides is 2. The van der Waals surface area contributed by atoms with Gasteiger partial charge in [0.1, 0.15) is 5.69 Å². The summed E-state index contributed by atoms with van der Waals surface area (Å²) in [5, 5.41) is 7.30. The molecular formula is C20H25N5O2. The number of benzene rings is 1. The van der Waals surface area contributed by atoms with Gasteiger partial charge in [0, 0.05) is 13.5 Å². The van der Waals surface area contributed by atoms with Crippen LogP contribution in [0, 0.1) is 6.92 Å². The minimum atomic E-state index is -0.243. The van der Waals surface area contributed by atoms with E-state index in [0.717, 1.165) is 26.1 Å². The molecule has 1 saturated heterocycles. The van der Waals surface area contributed by atoms with E-state index in [-0.39, 0.29) is 11.8 Å². The van der Waals surface area contributed by atoms with Gasteiger partial charge in [-0.1, -0.05) is 12.1 Å². The van der Waals surface area contributed by atoms with Crippen molar-refractivity contribution in [3.8, 4) is 0 Å². The number of hydrogen-bond donors (Lipinski definition) is 1. The van der Waals surface area contributed by atoms with Crippen molar-refractivity contribution in [2.75, 3.05) is 29.9 Å². The standard InChI is InChI=1S/C20H25N5O2/c1-14-18-19(23(2)22-14)20(27)21-15-8-3-4-9-16(15)25(18)17(26)10-7-13-24-11-5-6-12-24/h3-4,8-9H,5-7,10-13H2,1-2H3,(H,21,27). The molecule has 0 saturated carbocycles. The van der Waals surface area contributed by atoms with E-state index in [2.05, 4.69) is 15.3 Å². The first-order chi connectivity index (χ1) is 13.1. The van der Waals surface area contributed by atoms with E-state index in [4.69, 9.17) is 0 Å². The predicted molar refractivity (Wildman–Crippen MR) is 104 cm³/mol. The van der Waals surface area contributed by atoms with E-state index in [0.29, 0.717) is 34.9 Å². The molecule has 7 nitrogen and oxygen atoms in total. The number of nitrogens with zero attached hydrogens (tertiary/aromatic N) is 4. The van der Waals surface area contributed by atoms with Gasteiger partial charge in [-0.05, 0) is 58.0 Å². The predicted octanol–water partition coefficient (Wildman–Crippen LogP) is 2.83. The van der Waals surface area contributed by atoms with Gasteiger partial charge in [-0.15, -0.1) is 0 Å². The fraction of sp³-hybridized carbons (Fsp3) is 0.450. The van der Waals surface area contributed by atoms with Gasteiger partial charge < -0.3 is 10.2 Å². The summed E-state index contributed by atoms with van der Waals surface area (Å²) in [6, 6.07) is 7.43. The number of fused-ring (bicyclic) bond motifs is 2. The highest BCUT2D eigenvalue weighted by atomic mass is 16.2. The van der Waals surface area contributed by atoms with Gasteiger partial charge in [-0.3, -0.25) is 19.2 Å². The Morgan fingerprint density at radius 3 is 2.74 bits per heavy atom. The topological polar surface area (TPSA) is 70.5 Å². The molecule has 0 aliphatic carbocycles. The number of hydrogen-bond acceptors (Lipinski definition) is 4. The number of likely N-dealkylation sites (tertiary alicyclic amines) is 1. The zero-order chi connectivity index (χ0) is 19.0. The van der Waals surface area contributed by atoms with E-state index in [9.17, 15) is 9.59 Å². The molecule has 142 valence electrons. The molecule has 2 aliphatic rings. The summed E-state index contributed by atoms with van der Waals surface area (Å²) in [4.78, 5) is 30.1. The second-order valence-electron chi connectivity index (χ2n) is 7.26. The van der Waals surface area contributed by atoms with Crippen molar-refractivity contribution in [3.63, 3.8) is 0 Å². The molecule has 2 aliphatic heterocycles. The quantitative estimate of drug-likeness (QED) is 0.902. The first-order valence-corrected chi connectivity index (χ1v) is 9.55. The lowest BCUT2D eigenvalue weighted by Crippen LogP contribution is -2.28. The molecule has 0 bridgehead atoms. The second kappa shape index (κ2) is 7.15. The van der Waals surface area contributed by atoms with Crippen molar-refractivity contribution in [1.29, 1.82) is 0 Å². The fourth-order valence-corrected chi connectivity index (χ4v) is 4.08. The Morgan fingerprint density at radius 2 is 1.96 bits per heavy atom.